The Morgan fingerprint density at radius 2 is 2.24 bits per heavy atom. The molecular weight excluding hydrogens is 240 g/mol. The number of ether oxygens (including phenoxy) is 1. The molecule has 2 N–H and O–H groups in total. The molecule has 17 heavy (non-hydrogen) atoms. The van der Waals surface area contributed by atoms with Gasteiger partial charge in [-0.3, -0.25) is 15.1 Å². The Morgan fingerprint density at radius 3 is 2.65 bits per heavy atom. The van der Waals surface area contributed by atoms with E-state index in [2.05, 4.69) is 9.72 Å². The van der Waals surface area contributed by atoms with E-state index in [4.69, 9.17) is 5.73 Å². The van der Waals surface area contributed by atoms with Gasteiger partial charge in [-0.15, -0.1) is 0 Å². The number of hydrogen-bond donors (Lipinski definition) is 1. The van der Waals surface area contributed by atoms with Crippen LogP contribution in [-0.4, -0.2) is 23.0 Å². The zero-order valence-corrected chi connectivity index (χ0v) is 8.52. The minimum absolute atomic E-state index is 0.486. The van der Waals surface area contributed by atoms with Gasteiger partial charge < -0.3 is 10.5 Å². The Balaban J connectivity index is 3.61. The van der Waals surface area contributed by atoms with Crippen molar-refractivity contribution in [3.63, 3.8) is 0 Å². The minimum Gasteiger partial charge on any atom is -0.465 e. The van der Waals surface area contributed by atoms with E-state index in [9.17, 15) is 23.7 Å². The quantitative estimate of drug-likeness (QED) is 0.489. The second kappa shape index (κ2) is 4.68. The Morgan fingerprint density at radius 1 is 1.65 bits per heavy atom. The first-order chi connectivity index (χ1) is 7.90. The number of esters is 1. The number of anilines is 1. The van der Waals surface area contributed by atoms with Gasteiger partial charge in [0.1, 0.15) is 11.4 Å². The van der Waals surface area contributed by atoms with Crippen molar-refractivity contribution in [2.75, 3.05) is 12.8 Å². The van der Waals surface area contributed by atoms with Crippen LogP contribution in [0.5, 0.6) is 0 Å². The van der Waals surface area contributed by atoms with E-state index in [1.807, 2.05) is 0 Å². The summed E-state index contributed by atoms with van der Waals surface area (Å²) < 4.78 is 29.3. The van der Waals surface area contributed by atoms with Crippen LogP contribution in [0.15, 0.2) is 6.20 Å². The van der Waals surface area contributed by atoms with Crippen LogP contribution in [0.2, 0.25) is 0 Å². The van der Waals surface area contributed by atoms with Crippen molar-refractivity contribution < 1.29 is 23.2 Å². The summed E-state index contributed by atoms with van der Waals surface area (Å²) in [5.74, 6) is -1.29. The highest BCUT2D eigenvalue weighted by Crippen LogP contribution is 2.32. The van der Waals surface area contributed by atoms with E-state index in [0.717, 1.165) is 7.11 Å². The predicted molar refractivity (Wildman–Crippen MR) is 51.6 cm³/mol. The predicted octanol–water partition coefficient (Wildman–Crippen LogP) is 1.30. The third-order valence-electron chi connectivity index (χ3n) is 1.89. The number of carbonyl (C=O) groups excluding carboxylic acids is 1. The van der Waals surface area contributed by atoms with Crippen molar-refractivity contribution in [1.82, 2.24) is 4.98 Å². The van der Waals surface area contributed by atoms with Crippen LogP contribution >= 0.6 is 0 Å². The smallest absolute Gasteiger partial charge is 0.347 e. The average molecular weight is 247 g/mol. The van der Waals surface area contributed by atoms with Gasteiger partial charge in [-0.25, -0.2) is 13.6 Å². The van der Waals surface area contributed by atoms with Gasteiger partial charge >= 0.3 is 11.7 Å². The number of nitrogen functional groups attached to an aromatic ring is 1. The lowest BCUT2D eigenvalue weighted by Crippen LogP contribution is -2.13. The number of rotatable bonds is 3. The summed E-state index contributed by atoms with van der Waals surface area (Å²) in [5, 5.41) is 10.7. The SMILES string of the molecule is COC(=O)c1c(C(F)F)ncc(N)c1[N+](=O)[O-]. The number of hydrogen-bond acceptors (Lipinski definition) is 6. The lowest BCUT2D eigenvalue weighted by Gasteiger charge is -2.08. The van der Waals surface area contributed by atoms with Crippen molar-refractivity contribution >= 4 is 17.3 Å². The third-order valence-corrected chi connectivity index (χ3v) is 1.89. The topological polar surface area (TPSA) is 108 Å². The second-order valence-electron chi connectivity index (χ2n) is 2.87. The van der Waals surface area contributed by atoms with E-state index in [-0.39, 0.29) is 0 Å². The highest BCUT2D eigenvalue weighted by atomic mass is 19.3. The van der Waals surface area contributed by atoms with Crippen LogP contribution in [0.3, 0.4) is 0 Å². The number of methoxy groups -OCH3 is 1. The fourth-order valence-electron chi connectivity index (χ4n) is 1.20. The maximum atomic E-state index is 12.6. The Bertz CT molecular complexity index is 478. The van der Waals surface area contributed by atoms with Crippen molar-refractivity contribution in [2.24, 2.45) is 0 Å². The lowest BCUT2D eigenvalue weighted by molar-refractivity contribution is -0.384. The summed E-state index contributed by atoms with van der Waals surface area (Å²) in [7, 11) is 0.907. The number of nitrogens with zero attached hydrogens (tertiary/aromatic N) is 2. The summed E-state index contributed by atoms with van der Waals surface area (Å²) in [5.41, 5.74) is 1.86. The van der Waals surface area contributed by atoms with Gasteiger partial charge in [-0.2, -0.15) is 0 Å². The van der Waals surface area contributed by atoms with Gasteiger partial charge in [-0.1, -0.05) is 0 Å². The molecule has 0 saturated carbocycles. The molecule has 7 nitrogen and oxygen atoms in total. The van der Waals surface area contributed by atoms with Crippen LogP contribution in [0.25, 0.3) is 0 Å². The Kier molecular flexibility index (Phi) is 3.51. The van der Waals surface area contributed by atoms with Gasteiger partial charge in [0.2, 0.25) is 0 Å². The molecule has 0 fully saturated rings. The lowest BCUT2D eigenvalue weighted by atomic mass is 10.1. The van der Waals surface area contributed by atoms with Crippen LogP contribution in [0.4, 0.5) is 20.2 Å². The molecule has 0 spiro atoms. The van der Waals surface area contributed by atoms with Crippen molar-refractivity contribution in [3.05, 3.63) is 27.6 Å². The number of nitro groups is 1. The first kappa shape index (κ1) is 12.7. The molecule has 0 aromatic carbocycles. The van der Waals surface area contributed by atoms with Gasteiger partial charge in [0.05, 0.1) is 18.2 Å². The number of halogens is 2. The second-order valence-corrected chi connectivity index (χ2v) is 2.87. The summed E-state index contributed by atoms with van der Waals surface area (Å²) in [6.45, 7) is 0. The summed E-state index contributed by atoms with van der Waals surface area (Å²) in [6, 6.07) is 0. The average Bonchev–Trinajstić information content (AvgIpc) is 2.26. The van der Waals surface area contributed by atoms with Crippen molar-refractivity contribution in [1.29, 1.82) is 0 Å². The molecule has 0 saturated heterocycles. The Labute approximate surface area is 93.3 Å². The molecular formula is C8H7F2N3O4. The fraction of sp³-hybridized carbons (Fsp3) is 0.250. The van der Waals surface area contributed by atoms with Gasteiger partial charge in [0, 0.05) is 0 Å². The van der Waals surface area contributed by atoms with Crippen LogP contribution in [-0.2, 0) is 4.74 Å². The number of alkyl halides is 2. The molecule has 0 bridgehead atoms. The molecule has 0 amide bonds. The summed E-state index contributed by atoms with van der Waals surface area (Å²) in [6.07, 6.45) is -2.45. The van der Waals surface area contributed by atoms with E-state index in [0.29, 0.717) is 6.20 Å². The van der Waals surface area contributed by atoms with Gasteiger partial charge in [0.25, 0.3) is 6.43 Å². The first-order valence-electron chi connectivity index (χ1n) is 4.19. The van der Waals surface area contributed by atoms with E-state index < -0.39 is 40.0 Å². The zero-order valence-electron chi connectivity index (χ0n) is 8.52. The molecule has 92 valence electrons. The van der Waals surface area contributed by atoms with E-state index in [1.165, 1.54) is 0 Å². The summed E-state index contributed by atoms with van der Waals surface area (Å²) >= 11 is 0. The molecule has 1 aromatic rings. The molecule has 0 unspecified atom stereocenters. The molecule has 9 heteroatoms. The third kappa shape index (κ3) is 2.27. The number of nitrogens with two attached hydrogens (primary N) is 1. The maximum Gasteiger partial charge on any atom is 0.347 e. The largest absolute Gasteiger partial charge is 0.465 e. The van der Waals surface area contributed by atoms with E-state index >= 15 is 0 Å². The van der Waals surface area contributed by atoms with E-state index in [1.54, 1.807) is 0 Å². The van der Waals surface area contributed by atoms with Crippen LogP contribution in [0.1, 0.15) is 22.5 Å². The molecule has 1 rings (SSSR count). The fourth-order valence-corrected chi connectivity index (χ4v) is 1.20. The van der Waals surface area contributed by atoms with Gasteiger partial charge in [-0.05, 0) is 0 Å². The maximum absolute atomic E-state index is 12.6. The van der Waals surface area contributed by atoms with Gasteiger partial charge in [0.15, 0.2) is 5.56 Å². The molecule has 0 aliphatic rings. The highest BCUT2D eigenvalue weighted by molar-refractivity contribution is 5.97. The minimum atomic E-state index is -3.15. The molecule has 0 aliphatic carbocycles. The number of pyridine rings is 1. The molecule has 0 radical (unpaired) electrons. The molecule has 1 aromatic heterocycles. The standard InChI is InChI=1S/C8H7F2N3O4/c1-17-8(14)4-5(7(9)10)12-2-3(11)6(4)13(15)16/h2,7H,11H2,1H3. The first-order valence-corrected chi connectivity index (χ1v) is 4.19. The summed E-state index contributed by atoms with van der Waals surface area (Å²) in [4.78, 5) is 24.1. The zero-order chi connectivity index (χ0) is 13.2. The highest BCUT2D eigenvalue weighted by Gasteiger charge is 2.32. The van der Waals surface area contributed by atoms with Crippen LogP contribution < -0.4 is 5.73 Å². The number of aromatic nitrogens is 1. The monoisotopic (exact) mass is 247 g/mol. The normalized spacial score (nSPS) is 10.4. The van der Waals surface area contributed by atoms with Crippen molar-refractivity contribution in [2.45, 2.75) is 6.43 Å². The Hall–Kier alpha value is -2.32. The van der Waals surface area contributed by atoms with Crippen LogP contribution in [0, 0.1) is 10.1 Å². The number of carbonyl (C=O) groups is 1. The molecule has 0 atom stereocenters. The molecule has 0 aliphatic heterocycles. The van der Waals surface area contributed by atoms with Crippen molar-refractivity contribution in [3.8, 4) is 0 Å². The molecule has 1 heterocycles.